The Morgan fingerprint density at radius 3 is 2.58 bits per heavy atom. The molecule has 2 saturated carbocycles. The number of benzene rings is 1. The fraction of sp³-hybridized carbons (Fsp3) is 0.542. The van der Waals surface area contributed by atoms with Gasteiger partial charge in [-0.2, -0.15) is 5.10 Å². The molecular formula is C24H29ClN4O2. The van der Waals surface area contributed by atoms with Crippen molar-refractivity contribution >= 4 is 29.1 Å². The maximum absolute atomic E-state index is 13.7. The van der Waals surface area contributed by atoms with E-state index in [9.17, 15) is 9.59 Å². The molecule has 0 spiro atoms. The number of nitrogens with one attached hydrogen (secondary N) is 1. The summed E-state index contributed by atoms with van der Waals surface area (Å²) in [7, 11) is 0. The maximum atomic E-state index is 13.7. The number of anilines is 1. The van der Waals surface area contributed by atoms with Gasteiger partial charge in [0.1, 0.15) is 11.2 Å². The summed E-state index contributed by atoms with van der Waals surface area (Å²) in [6.45, 7) is 4.10. The highest BCUT2D eigenvalue weighted by molar-refractivity contribution is 6.31. The summed E-state index contributed by atoms with van der Waals surface area (Å²) >= 11 is 6.41. The van der Waals surface area contributed by atoms with Crippen molar-refractivity contribution < 1.29 is 9.59 Å². The Labute approximate surface area is 187 Å². The fourth-order valence-electron chi connectivity index (χ4n) is 4.89. The van der Waals surface area contributed by atoms with Gasteiger partial charge in [0, 0.05) is 22.7 Å². The minimum Gasteiger partial charge on any atom is -0.351 e. The summed E-state index contributed by atoms with van der Waals surface area (Å²) in [6.07, 6.45) is 7.69. The molecule has 1 unspecified atom stereocenters. The third kappa shape index (κ3) is 3.65. The molecule has 2 amide bonds. The molecule has 5 rings (SSSR count). The number of fused-ring (bicyclic) bond motifs is 1. The van der Waals surface area contributed by atoms with Crippen LogP contribution in [0.2, 0.25) is 5.02 Å². The quantitative estimate of drug-likeness (QED) is 0.756. The van der Waals surface area contributed by atoms with Gasteiger partial charge in [0.2, 0.25) is 5.91 Å². The second-order valence-electron chi connectivity index (χ2n) is 9.54. The monoisotopic (exact) mass is 440 g/mol. The van der Waals surface area contributed by atoms with Crippen LogP contribution in [0.4, 0.5) is 5.69 Å². The second kappa shape index (κ2) is 7.66. The Bertz CT molecular complexity index is 1040. The van der Waals surface area contributed by atoms with Gasteiger partial charge in [0.05, 0.1) is 12.2 Å². The van der Waals surface area contributed by atoms with Crippen LogP contribution in [0.3, 0.4) is 0 Å². The van der Waals surface area contributed by atoms with Gasteiger partial charge in [0.15, 0.2) is 0 Å². The Morgan fingerprint density at radius 1 is 1.16 bits per heavy atom. The van der Waals surface area contributed by atoms with Crippen LogP contribution < -0.4 is 10.2 Å². The number of aryl methyl sites for hydroxylation is 1. The summed E-state index contributed by atoms with van der Waals surface area (Å²) in [6, 6.07) is 7.62. The predicted molar refractivity (Wildman–Crippen MR) is 121 cm³/mol. The highest BCUT2D eigenvalue weighted by Crippen LogP contribution is 2.41. The average molecular weight is 441 g/mol. The van der Waals surface area contributed by atoms with Gasteiger partial charge in [-0.15, -0.1) is 0 Å². The van der Waals surface area contributed by atoms with Crippen molar-refractivity contribution in [2.45, 2.75) is 82.8 Å². The maximum Gasteiger partial charge on any atom is 0.277 e. The normalized spacial score (nSPS) is 24.2. The van der Waals surface area contributed by atoms with E-state index in [1.54, 1.807) is 15.6 Å². The van der Waals surface area contributed by atoms with Crippen LogP contribution in [0, 0.1) is 6.92 Å². The molecule has 1 N–H and O–H groups in total. The van der Waals surface area contributed by atoms with Crippen molar-refractivity contribution in [1.82, 2.24) is 15.1 Å². The van der Waals surface area contributed by atoms with Crippen LogP contribution in [0.15, 0.2) is 24.3 Å². The average Bonchev–Trinajstić information content (AvgIpc) is 3.51. The van der Waals surface area contributed by atoms with Gasteiger partial charge in [-0.25, -0.2) is 0 Å². The van der Waals surface area contributed by atoms with E-state index in [1.165, 1.54) is 6.42 Å². The van der Waals surface area contributed by atoms with Gasteiger partial charge < -0.3 is 5.32 Å². The Kier molecular flexibility index (Phi) is 5.08. The molecule has 3 aliphatic rings. The van der Waals surface area contributed by atoms with E-state index in [2.05, 4.69) is 5.32 Å². The third-order valence-corrected chi connectivity index (χ3v) is 7.42. The van der Waals surface area contributed by atoms with E-state index in [0.29, 0.717) is 28.9 Å². The molecule has 2 fully saturated rings. The lowest BCUT2D eigenvalue weighted by atomic mass is 9.91. The van der Waals surface area contributed by atoms with Crippen LogP contribution in [0.5, 0.6) is 0 Å². The molecule has 2 heterocycles. The lowest BCUT2D eigenvalue weighted by molar-refractivity contribution is -0.127. The van der Waals surface area contributed by atoms with Crippen LogP contribution in [-0.2, 0) is 11.3 Å². The zero-order valence-corrected chi connectivity index (χ0v) is 18.9. The molecule has 1 aromatic carbocycles. The van der Waals surface area contributed by atoms with E-state index < -0.39 is 5.54 Å². The topological polar surface area (TPSA) is 67.2 Å². The van der Waals surface area contributed by atoms with E-state index in [1.807, 2.05) is 32.0 Å². The second-order valence-corrected chi connectivity index (χ2v) is 9.95. The number of amides is 2. The number of halogens is 1. The van der Waals surface area contributed by atoms with E-state index in [-0.39, 0.29) is 17.9 Å². The van der Waals surface area contributed by atoms with Gasteiger partial charge in [-0.05, 0) is 63.3 Å². The molecule has 0 radical (unpaired) electrons. The molecule has 7 heteroatoms. The lowest BCUT2D eigenvalue weighted by Gasteiger charge is -2.44. The summed E-state index contributed by atoms with van der Waals surface area (Å²) in [5.74, 6) is 0.112. The van der Waals surface area contributed by atoms with Crippen molar-refractivity contribution in [2.75, 3.05) is 4.90 Å². The van der Waals surface area contributed by atoms with Crippen molar-refractivity contribution in [2.24, 2.45) is 0 Å². The molecule has 2 aliphatic carbocycles. The molecule has 31 heavy (non-hydrogen) atoms. The van der Waals surface area contributed by atoms with Crippen LogP contribution >= 0.6 is 11.6 Å². The van der Waals surface area contributed by atoms with Gasteiger partial charge in [0.25, 0.3) is 5.91 Å². The molecule has 1 atom stereocenters. The molecule has 0 bridgehead atoms. The first-order chi connectivity index (χ1) is 14.9. The fourth-order valence-corrected chi connectivity index (χ4v) is 5.07. The minimum atomic E-state index is -1.09. The standard InChI is InChI=1S/C24H29ClN4O2/c1-15-8-11-18(12-19(15)25)29-22(30)21-13-20(16-9-10-16)27-28(21)14-24(29,2)23(31)26-17-6-4-3-5-7-17/h8,11-13,16-17H,3-7,9-10,14H2,1-2H3,(H,26,31). The van der Waals surface area contributed by atoms with Crippen molar-refractivity contribution in [1.29, 1.82) is 0 Å². The van der Waals surface area contributed by atoms with Crippen LogP contribution in [0.1, 0.15) is 79.5 Å². The molecule has 1 aromatic heterocycles. The first kappa shape index (κ1) is 20.6. The van der Waals surface area contributed by atoms with Crippen molar-refractivity contribution in [3.05, 3.63) is 46.2 Å². The van der Waals surface area contributed by atoms with Crippen molar-refractivity contribution in [3.63, 3.8) is 0 Å². The number of nitrogens with zero attached hydrogens (tertiary/aromatic N) is 3. The van der Waals surface area contributed by atoms with E-state index in [4.69, 9.17) is 16.7 Å². The highest BCUT2D eigenvalue weighted by atomic mass is 35.5. The van der Waals surface area contributed by atoms with Gasteiger partial charge in [-0.3, -0.25) is 19.2 Å². The van der Waals surface area contributed by atoms with Gasteiger partial charge >= 0.3 is 0 Å². The summed E-state index contributed by atoms with van der Waals surface area (Å²) in [5.41, 5.74) is 1.99. The molecular weight excluding hydrogens is 412 g/mol. The molecule has 6 nitrogen and oxygen atoms in total. The van der Waals surface area contributed by atoms with Crippen molar-refractivity contribution in [3.8, 4) is 0 Å². The molecule has 164 valence electrons. The lowest BCUT2D eigenvalue weighted by Crippen LogP contribution is -2.65. The Morgan fingerprint density at radius 2 is 1.90 bits per heavy atom. The first-order valence-electron chi connectivity index (χ1n) is 11.4. The number of hydrogen-bond acceptors (Lipinski definition) is 3. The summed E-state index contributed by atoms with van der Waals surface area (Å²) in [4.78, 5) is 29.0. The van der Waals surface area contributed by atoms with Crippen LogP contribution in [0.25, 0.3) is 0 Å². The molecule has 2 aromatic rings. The Hall–Kier alpha value is -2.34. The number of rotatable bonds is 4. The SMILES string of the molecule is Cc1ccc(N2C(=O)c3cc(C4CC4)nn3CC2(C)C(=O)NC2CCCCC2)cc1Cl. The number of carbonyl (C=O) groups excluding carboxylic acids is 2. The highest BCUT2D eigenvalue weighted by Gasteiger charge is 2.49. The van der Waals surface area contributed by atoms with Crippen LogP contribution in [-0.4, -0.2) is 33.2 Å². The zero-order chi connectivity index (χ0) is 21.8. The Balaban J connectivity index is 1.55. The third-order valence-electron chi connectivity index (χ3n) is 7.01. The number of carbonyl (C=O) groups is 2. The van der Waals surface area contributed by atoms with E-state index >= 15 is 0 Å². The minimum absolute atomic E-state index is 0.126. The number of hydrogen-bond donors (Lipinski definition) is 1. The number of aromatic nitrogens is 2. The molecule has 1 aliphatic heterocycles. The predicted octanol–water partition coefficient (Wildman–Crippen LogP) is 4.59. The largest absolute Gasteiger partial charge is 0.351 e. The molecule has 0 saturated heterocycles. The van der Waals surface area contributed by atoms with E-state index in [0.717, 1.165) is 49.8 Å². The first-order valence-corrected chi connectivity index (χ1v) is 11.7. The smallest absolute Gasteiger partial charge is 0.277 e. The summed E-state index contributed by atoms with van der Waals surface area (Å²) in [5, 5.41) is 8.53. The zero-order valence-electron chi connectivity index (χ0n) is 18.2. The van der Waals surface area contributed by atoms with Gasteiger partial charge in [-0.1, -0.05) is 36.9 Å². The summed E-state index contributed by atoms with van der Waals surface area (Å²) < 4.78 is 1.74.